The largest absolute Gasteiger partial charge is 0.422 e. The Morgan fingerprint density at radius 3 is 2.77 bits per heavy atom. The highest BCUT2D eigenvalue weighted by Gasteiger charge is 2.15. The molecule has 1 aromatic carbocycles. The Kier molecular flexibility index (Phi) is 5.22. The fourth-order valence-corrected chi connectivity index (χ4v) is 2.39. The summed E-state index contributed by atoms with van der Waals surface area (Å²) in [7, 11) is 0. The maximum Gasteiger partial charge on any atom is 0.346 e. The summed E-state index contributed by atoms with van der Waals surface area (Å²) in [6.45, 7) is 5.08. The van der Waals surface area contributed by atoms with Crippen molar-refractivity contribution in [2.24, 2.45) is 5.73 Å². The molecule has 0 aliphatic carbocycles. The molecule has 0 atom stereocenters. The number of hydrogen-bond acceptors (Lipinski definition) is 5. The molecular weight excluding hydrogens is 280 g/mol. The lowest BCUT2D eigenvalue weighted by Gasteiger charge is -2.11. The molecule has 1 heterocycles. The number of fused-ring (bicyclic) bond motifs is 1. The summed E-state index contributed by atoms with van der Waals surface area (Å²) >= 11 is 0. The van der Waals surface area contributed by atoms with Gasteiger partial charge in [0.2, 0.25) is 0 Å². The first-order valence-corrected chi connectivity index (χ1v) is 7.41. The van der Waals surface area contributed by atoms with Crippen molar-refractivity contribution in [2.75, 3.05) is 18.9 Å². The number of para-hydroxylation sites is 1. The maximum atomic E-state index is 12.2. The van der Waals surface area contributed by atoms with Crippen LogP contribution in [0.15, 0.2) is 39.2 Å². The standard InChI is InChI=1S/C17H22N2O3/c1-3-21-10-6-8-13(18)11(2)15-16(19)12-7-4-5-9-14(12)22-17(15)20/h4-5,7,9H,3,6,8,10,18-19H2,1-2H3/b13-11-. The van der Waals surface area contributed by atoms with Gasteiger partial charge in [-0.2, -0.15) is 0 Å². The molecule has 0 saturated carbocycles. The van der Waals surface area contributed by atoms with Crippen molar-refractivity contribution in [3.63, 3.8) is 0 Å². The number of hydrogen-bond donors (Lipinski definition) is 2. The van der Waals surface area contributed by atoms with Crippen molar-refractivity contribution >= 4 is 22.2 Å². The van der Waals surface area contributed by atoms with E-state index in [9.17, 15) is 4.79 Å². The number of rotatable bonds is 6. The second-order valence-electron chi connectivity index (χ2n) is 5.13. The Bertz CT molecular complexity index is 747. The predicted molar refractivity (Wildman–Crippen MR) is 89.4 cm³/mol. The molecule has 0 amide bonds. The van der Waals surface area contributed by atoms with Gasteiger partial charge in [-0.1, -0.05) is 12.1 Å². The molecule has 0 unspecified atom stereocenters. The van der Waals surface area contributed by atoms with Crippen molar-refractivity contribution in [1.29, 1.82) is 0 Å². The molecule has 0 spiro atoms. The number of nitrogen functional groups attached to an aromatic ring is 1. The Morgan fingerprint density at radius 2 is 2.05 bits per heavy atom. The first-order chi connectivity index (χ1) is 10.6. The molecule has 118 valence electrons. The van der Waals surface area contributed by atoms with E-state index in [1.807, 2.05) is 19.1 Å². The minimum absolute atomic E-state index is 0.354. The van der Waals surface area contributed by atoms with Gasteiger partial charge in [-0.15, -0.1) is 0 Å². The molecule has 0 bridgehead atoms. The number of nitrogens with two attached hydrogens (primary N) is 2. The molecule has 2 rings (SSSR count). The van der Waals surface area contributed by atoms with Crippen LogP contribution in [0.2, 0.25) is 0 Å². The number of anilines is 1. The zero-order chi connectivity index (χ0) is 16.1. The Labute approximate surface area is 129 Å². The average Bonchev–Trinajstić information content (AvgIpc) is 2.51. The monoisotopic (exact) mass is 302 g/mol. The van der Waals surface area contributed by atoms with Crippen LogP contribution in [0.25, 0.3) is 16.5 Å². The minimum atomic E-state index is -0.457. The van der Waals surface area contributed by atoms with Crippen molar-refractivity contribution in [2.45, 2.75) is 26.7 Å². The van der Waals surface area contributed by atoms with Crippen LogP contribution in [-0.2, 0) is 4.74 Å². The highest BCUT2D eigenvalue weighted by atomic mass is 16.5. The lowest BCUT2D eigenvalue weighted by Crippen LogP contribution is -2.13. The molecule has 0 aliphatic rings. The number of ether oxygens (including phenoxy) is 1. The third-order valence-electron chi connectivity index (χ3n) is 3.65. The van der Waals surface area contributed by atoms with E-state index in [4.69, 9.17) is 20.6 Å². The molecule has 0 aliphatic heterocycles. The quantitative estimate of drug-likeness (QED) is 0.632. The molecule has 5 heteroatoms. The van der Waals surface area contributed by atoms with Crippen molar-refractivity contribution in [3.05, 3.63) is 45.9 Å². The number of benzene rings is 1. The summed E-state index contributed by atoms with van der Waals surface area (Å²) in [4.78, 5) is 12.2. The van der Waals surface area contributed by atoms with Gasteiger partial charge in [-0.05, 0) is 44.4 Å². The number of allylic oxidation sites excluding steroid dienone is 2. The van der Waals surface area contributed by atoms with Crippen LogP contribution in [0.5, 0.6) is 0 Å². The molecule has 4 N–H and O–H groups in total. The van der Waals surface area contributed by atoms with E-state index in [1.165, 1.54) is 0 Å². The zero-order valence-electron chi connectivity index (χ0n) is 13.0. The van der Waals surface area contributed by atoms with Crippen LogP contribution < -0.4 is 17.1 Å². The maximum absolute atomic E-state index is 12.2. The lowest BCUT2D eigenvalue weighted by molar-refractivity contribution is 0.145. The molecule has 22 heavy (non-hydrogen) atoms. The van der Waals surface area contributed by atoms with E-state index in [2.05, 4.69) is 0 Å². The zero-order valence-corrected chi connectivity index (χ0v) is 13.0. The molecule has 0 saturated heterocycles. The van der Waals surface area contributed by atoms with E-state index in [0.29, 0.717) is 47.7 Å². The van der Waals surface area contributed by atoms with Crippen LogP contribution in [0.4, 0.5) is 5.69 Å². The fraction of sp³-hybridized carbons (Fsp3) is 0.353. The summed E-state index contributed by atoms with van der Waals surface area (Å²) < 4.78 is 10.6. The van der Waals surface area contributed by atoms with Crippen LogP contribution in [0.1, 0.15) is 32.3 Å². The molecular formula is C17H22N2O3. The third-order valence-corrected chi connectivity index (χ3v) is 3.65. The summed E-state index contributed by atoms with van der Waals surface area (Å²) in [5.74, 6) is 0. The van der Waals surface area contributed by atoms with Crippen molar-refractivity contribution < 1.29 is 9.15 Å². The average molecular weight is 302 g/mol. The fourth-order valence-electron chi connectivity index (χ4n) is 2.39. The highest BCUT2D eigenvalue weighted by Crippen LogP contribution is 2.27. The normalized spacial score (nSPS) is 12.5. The van der Waals surface area contributed by atoms with E-state index in [0.717, 1.165) is 11.8 Å². The van der Waals surface area contributed by atoms with E-state index >= 15 is 0 Å². The summed E-state index contributed by atoms with van der Waals surface area (Å²) in [6, 6.07) is 7.21. The van der Waals surface area contributed by atoms with E-state index < -0.39 is 5.63 Å². The van der Waals surface area contributed by atoms with Gasteiger partial charge in [0.25, 0.3) is 0 Å². The van der Waals surface area contributed by atoms with Gasteiger partial charge >= 0.3 is 5.63 Å². The highest BCUT2D eigenvalue weighted by molar-refractivity contribution is 5.94. The summed E-state index contributed by atoms with van der Waals surface area (Å²) in [6.07, 6.45) is 1.45. The Morgan fingerprint density at radius 1 is 1.32 bits per heavy atom. The topological polar surface area (TPSA) is 91.5 Å². The van der Waals surface area contributed by atoms with Gasteiger partial charge in [0.1, 0.15) is 5.58 Å². The van der Waals surface area contributed by atoms with Gasteiger partial charge in [0.15, 0.2) is 0 Å². The van der Waals surface area contributed by atoms with Crippen molar-refractivity contribution in [3.8, 4) is 0 Å². The minimum Gasteiger partial charge on any atom is -0.422 e. The van der Waals surface area contributed by atoms with Crippen LogP contribution in [0.3, 0.4) is 0 Å². The van der Waals surface area contributed by atoms with Crippen molar-refractivity contribution in [1.82, 2.24) is 0 Å². The van der Waals surface area contributed by atoms with E-state index in [-0.39, 0.29) is 0 Å². The molecule has 0 fully saturated rings. The molecule has 0 radical (unpaired) electrons. The molecule has 1 aromatic heterocycles. The van der Waals surface area contributed by atoms with Gasteiger partial charge in [0.05, 0.1) is 11.3 Å². The predicted octanol–water partition coefficient (Wildman–Crippen LogP) is 2.88. The first kappa shape index (κ1) is 16.1. The first-order valence-electron chi connectivity index (χ1n) is 7.41. The molecule has 2 aromatic rings. The van der Waals surface area contributed by atoms with Crippen LogP contribution >= 0.6 is 0 Å². The Hall–Kier alpha value is -2.27. The second-order valence-corrected chi connectivity index (χ2v) is 5.13. The smallest absolute Gasteiger partial charge is 0.346 e. The lowest BCUT2D eigenvalue weighted by atomic mass is 10.0. The third kappa shape index (κ3) is 3.31. The van der Waals surface area contributed by atoms with Crippen LogP contribution in [-0.4, -0.2) is 13.2 Å². The summed E-state index contributed by atoms with van der Waals surface area (Å²) in [5, 5.41) is 0.721. The van der Waals surface area contributed by atoms with Gasteiger partial charge < -0.3 is 20.6 Å². The second kappa shape index (κ2) is 7.13. The van der Waals surface area contributed by atoms with Crippen LogP contribution in [0, 0.1) is 0 Å². The van der Waals surface area contributed by atoms with Gasteiger partial charge in [0, 0.05) is 24.3 Å². The SMILES string of the molecule is CCOCCC/C(N)=C(\C)c1c(N)c2ccccc2oc1=O. The Balaban J connectivity index is 2.38. The van der Waals surface area contributed by atoms with Gasteiger partial charge in [-0.25, -0.2) is 4.79 Å². The van der Waals surface area contributed by atoms with Gasteiger partial charge in [-0.3, -0.25) is 0 Å². The van der Waals surface area contributed by atoms with E-state index in [1.54, 1.807) is 19.1 Å². The summed E-state index contributed by atoms with van der Waals surface area (Å²) in [5.41, 5.74) is 14.4. The molecule has 5 nitrogen and oxygen atoms in total.